The van der Waals surface area contributed by atoms with Gasteiger partial charge in [-0.3, -0.25) is 4.79 Å². The highest BCUT2D eigenvalue weighted by Gasteiger charge is 2.42. The molecule has 0 aromatic rings. The molecule has 1 amide bonds. The van der Waals surface area contributed by atoms with Crippen LogP contribution in [0.25, 0.3) is 0 Å². The number of hydrogen-bond acceptors (Lipinski definition) is 1. The van der Waals surface area contributed by atoms with Crippen LogP contribution < -0.4 is 5.32 Å². The van der Waals surface area contributed by atoms with E-state index in [1.165, 1.54) is 25.7 Å². The topological polar surface area (TPSA) is 29.1 Å². The highest BCUT2D eigenvalue weighted by molar-refractivity contribution is 5.78. The Balaban J connectivity index is 1.84. The Morgan fingerprint density at radius 1 is 1.24 bits per heavy atom. The van der Waals surface area contributed by atoms with E-state index in [9.17, 15) is 4.79 Å². The van der Waals surface area contributed by atoms with Gasteiger partial charge in [-0.1, -0.05) is 20.3 Å². The molecular formula is C15H27NO. The quantitative estimate of drug-likeness (QED) is 0.780. The van der Waals surface area contributed by atoms with E-state index in [-0.39, 0.29) is 11.8 Å². The Morgan fingerprint density at radius 2 is 1.94 bits per heavy atom. The van der Waals surface area contributed by atoms with E-state index in [0.717, 1.165) is 30.6 Å². The zero-order valence-electron chi connectivity index (χ0n) is 11.5. The van der Waals surface area contributed by atoms with E-state index >= 15 is 0 Å². The summed E-state index contributed by atoms with van der Waals surface area (Å²) in [6.07, 6.45) is 7.55. The number of fused-ring (bicyclic) bond motifs is 2. The summed E-state index contributed by atoms with van der Waals surface area (Å²) < 4.78 is 0. The summed E-state index contributed by atoms with van der Waals surface area (Å²) in [5.41, 5.74) is 0. The first kappa shape index (κ1) is 12.9. The van der Waals surface area contributed by atoms with E-state index in [1.54, 1.807) is 0 Å². The molecule has 2 aliphatic carbocycles. The molecule has 2 rings (SSSR count). The highest BCUT2D eigenvalue weighted by Crippen LogP contribution is 2.49. The molecule has 0 spiro atoms. The Labute approximate surface area is 106 Å². The van der Waals surface area contributed by atoms with Crippen molar-refractivity contribution in [1.82, 2.24) is 5.32 Å². The lowest BCUT2D eigenvalue weighted by Gasteiger charge is -2.29. The maximum atomic E-state index is 12.1. The molecule has 0 aromatic carbocycles. The van der Waals surface area contributed by atoms with Crippen LogP contribution in [0.3, 0.4) is 0 Å². The predicted molar refractivity (Wildman–Crippen MR) is 70.6 cm³/mol. The smallest absolute Gasteiger partial charge is 0.223 e. The molecule has 0 aromatic heterocycles. The van der Waals surface area contributed by atoms with Gasteiger partial charge in [-0.2, -0.15) is 0 Å². The first-order valence-electron chi connectivity index (χ1n) is 7.46. The molecule has 0 unspecified atom stereocenters. The van der Waals surface area contributed by atoms with Crippen molar-refractivity contribution in [2.45, 2.75) is 65.3 Å². The molecule has 4 atom stereocenters. The molecule has 2 fully saturated rings. The maximum absolute atomic E-state index is 12.1. The average molecular weight is 237 g/mol. The van der Waals surface area contributed by atoms with Crippen LogP contribution in [0, 0.1) is 23.7 Å². The summed E-state index contributed by atoms with van der Waals surface area (Å²) in [4.78, 5) is 12.1. The van der Waals surface area contributed by atoms with Gasteiger partial charge in [0.2, 0.25) is 5.91 Å². The Hall–Kier alpha value is -0.530. The van der Waals surface area contributed by atoms with Crippen molar-refractivity contribution >= 4 is 5.91 Å². The van der Waals surface area contributed by atoms with Gasteiger partial charge >= 0.3 is 0 Å². The number of carbonyl (C=O) groups excluding carboxylic acids is 1. The molecule has 98 valence electrons. The molecule has 2 aliphatic rings. The van der Waals surface area contributed by atoms with Crippen LogP contribution in [0.2, 0.25) is 0 Å². The number of hydrogen-bond donors (Lipinski definition) is 1. The van der Waals surface area contributed by atoms with Gasteiger partial charge < -0.3 is 5.32 Å². The van der Waals surface area contributed by atoms with Crippen molar-refractivity contribution in [3.05, 3.63) is 0 Å². The highest BCUT2D eigenvalue weighted by atomic mass is 16.1. The number of nitrogens with one attached hydrogen (secondary N) is 1. The second-order valence-corrected chi connectivity index (χ2v) is 6.15. The van der Waals surface area contributed by atoms with Crippen molar-refractivity contribution in [2.24, 2.45) is 23.7 Å². The zero-order valence-corrected chi connectivity index (χ0v) is 11.5. The summed E-state index contributed by atoms with van der Waals surface area (Å²) in [7, 11) is 0. The number of amides is 1. The van der Waals surface area contributed by atoms with Crippen LogP contribution in [0.4, 0.5) is 0 Å². The molecule has 2 bridgehead atoms. The third kappa shape index (κ3) is 2.66. The van der Waals surface area contributed by atoms with Gasteiger partial charge in [0, 0.05) is 12.0 Å². The standard InChI is InChI=1S/C15H27NO/c1-4-12(5-2)15(17)16-10(3)14-9-11-6-7-13(14)8-11/h10-14H,4-9H2,1-3H3,(H,16,17)/t10-,11+,13+,14+/m1/s1. The van der Waals surface area contributed by atoms with Gasteiger partial charge in [-0.15, -0.1) is 0 Å². The minimum absolute atomic E-state index is 0.219. The molecule has 0 heterocycles. The van der Waals surface area contributed by atoms with Gasteiger partial charge in [0.15, 0.2) is 0 Å². The minimum Gasteiger partial charge on any atom is -0.353 e. The van der Waals surface area contributed by atoms with Gasteiger partial charge in [-0.25, -0.2) is 0 Å². The number of rotatable bonds is 5. The lowest BCUT2D eigenvalue weighted by atomic mass is 9.83. The van der Waals surface area contributed by atoms with Crippen LogP contribution in [0.15, 0.2) is 0 Å². The van der Waals surface area contributed by atoms with Crippen LogP contribution in [-0.4, -0.2) is 11.9 Å². The Bertz CT molecular complexity index is 272. The van der Waals surface area contributed by atoms with Crippen molar-refractivity contribution in [2.75, 3.05) is 0 Å². The second kappa shape index (κ2) is 5.41. The second-order valence-electron chi connectivity index (χ2n) is 6.15. The first-order chi connectivity index (χ1) is 8.15. The lowest BCUT2D eigenvalue weighted by molar-refractivity contribution is -0.126. The third-order valence-electron chi connectivity index (χ3n) is 5.16. The normalized spacial score (nSPS) is 33.1. The van der Waals surface area contributed by atoms with Crippen LogP contribution >= 0.6 is 0 Å². The summed E-state index contributed by atoms with van der Waals surface area (Å²) >= 11 is 0. The molecule has 2 nitrogen and oxygen atoms in total. The maximum Gasteiger partial charge on any atom is 0.223 e. The van der Waals surface area contributed by atoms with E-state index in [4.69, 9.17) is 0 Å². The Kier molecular flexibility index (Phi) is 4.11. The summed E-state index contributed by atoms with van der Waals surface area (Å²) in [6, 6.07) is 0.387. The fraction of sp³-hybridized carbons (Fsp3) is 0.933. The van der Waals surface area contributed by atoms with Crippen LogP contribution in [-0.2, 0) is 4.79 Å². The predicted octanol–water partition coefficient (Wildman–Crippen LogP) is 3.36. The molecular weight excluding hydrogens is 210 g/mol. The largest absolute Gasteiger partial charge is 0.353 e. The van der Waals surface area contributed by atoms with Crippen molar-refractivity contribution in [1.29, 1.82) is 0 Å². The van der Waals surface area contributed by atoms with Crippen molar-refractivity contribution < 1.29 is 4.79 Å². The van der Waals surface area contributed by atoms with Crippen LogP contribution in [0.5, 0.6) is 0 Å². The molecule has 2 saturated carbocycles. The molecule has 2 heteroatoms. The minimum atomic E-state index is 0.219. The van der Waals surface area contributed by atoms with Gasteiger partial charge in [0.1, 0.15) is 0 Å². The Morgan fingerprint density at radius 3 is 2.41 bits per heavy atom. The van der Waals surface area contributed by atoms with E-state index in [0.29, 0.717) is 6.04 Å². The summed E-state index contributed by atoms with van der Waals surface area (Å²) in [5, 5.41) is 3.27. The van der Waals surface area contributed by atoms with Crippen molar-refractivity contribution in [3.8, 4) is 0 Å². The SMILES string of the molecule is CCC(CC)C(=O)N[C@H](C)[C@@H]1C[C@H]2CC[C@H]1C2. The zero-order chi connectivity index (χ0) is 12.4. The fourth-order valence-electron chi connectivity index (χ4n) is 4.02. The molecule has 1 N–H and O–H groups in total. The fourth-order valence-corrected chi connectivity index (χ4v) is 4.02. The summed E-state index contributed by atoms with van der Waals surface area (Å²) in [5.74, 6) is 3.13. The molecule has 0 saturated heterocycles. The third-order valence-corrected chi connectivity index (χ3v) is 5.16. The van der Waals surface area contributed by atoms with E-state index in [1.807, 2.05) is 0 Å². The van der Waals surface area contributed by atoms with Gasteiger partial charge in [0.05, 0.1) is 0 Å². The van der Waals surface area contributed by atoms with Crippen molar-refractivity contribution in [3.63, 3.8) is 0 Å². The average Bonchev–Trinajstić information content (AvgIpc) is 2.92. The monoisotopic (exact) mass is 237 g/mol. The molecule has 17 heavy (non-hydrogen) atoms. The molecule has 0 radical (unpaired) electrons. The van der Waals surface area contributed by atoms with Crippen LogP contribution in [0.1, 0.15) is 59.3 Å². The van der Waals surface area contributed by atoms with E-state index < -0.39 is 0 Å². The van der Waals surface area contributed by atoms with E-state index in [2.05, 4.69) is 26.1 Å². The first-order valence-corrected chi connectivity index (χ1v) is 7.46. The van der Waals surface area contributed by atoms with Gasteiger partial charge in [0.25, 0.3) is 0 Å². The number of carbonyl (C=O) groups is 1. The summed E-state index contributed by atoms with van der Waals surface area (Å²) in [6.45, 7) is 6.43. The van der Waals surface area contributed by atoms with Gasteiger partial charge in [-0.05, 0) is 56.8 Å². The molecule has 0 aliphatic heterocycles. The lowest BCUT2D eigenvalue weighted by Crippen LogP contribution is -2.42.